The van der Waals surface area contributed by atoms with Gasteiger partial charge in [0.25, 0.3) is 0 Å². The number of hydrogen-bond donors (Lipinski definition) is 2. The summed E-state index contributed by atoms with van der Waals surface area (Å²) >= 11 is 0. The lowest BCUT2D eigenvalue weighted by Crippen LogP contribution is -2.51. The molecular weight excluding hydrogens is 669 g/mol. The maximum atomic E-state index is 13.3. The van der Waals surface area contributed by atoms with Gasteiger partial charge in [-0.3, -0.25) is 0 Å². The molecule has 0 saturated heterocycles. The van der Waals surface area contributed by atoms with E-state index in [1.807, 2.05) is 36.4 Å². The van der Waals surface area contributed by atoms with Crippen LogP contribution in [0, 0.1) is 46.3 Å². The Bertz CT molecular complexity index is 1550. The number of nitrogens with zero attached hydrogens (tertiary/aromatic N) is 2. The van der Waals surface area contributed by atoms with Crippen LogP contribution in [-0.4, -0.2) is 38.3 Å². The van der Waals surface area contributed by atoms with Gasteiger partial charge in [0.1, 0.15) is 11.9 Å². The fourth-order valence-electron chi connectivity index (χ4n) is 11.3. The number of allylic oxidation sites excluding steroid dienone is 1. The van der Waals surface area contributed by atoms with E-state index in [2.05, 4.69) is 56.2 Å². The van der Waals surface area contributed by atoms with Crippen LogP contribution in [0.4, 0.5) is 11.4 Å². The Kier molecular flexibility index (Phi) is 14.1. The van der Waals surface area contributed by atoms with E-state index in [1.165, 1.54) is 51.4 Å². The Balaban J connectivity index is 0.962. The van der Waals surface area contributed by atoms with Gasteiger partial charge in [0.15, 0.2) is 0 Å². The summed E-state index contributed by atoms with van der Waals surface area (Å²) in [4.78, 5) is 13.3. The zero-order valence-electron chi connectivity index (χ0n) is 34.2. The molecule has 2 aromatic rings. The minimum atomic E-state index is -0.243. The van der Waals surface area contributed by atoms with Crippen LogP contribution >= 0.6 is 0 Å². The molecular formula is C47H70N4O3. The fraction of sp³-hybridized carbons (Fsp3) is 0.681. The first-order valence-electron chi connectivity index (χ1n) is 21.7. The van der Waals surface area contributed by atoms with Crippen LogP contribution in [0.2, 0.25) is 0 Å². The van der Waals surface area contributed by atoms with Crippen molar-refractivity contribution < 1.29 is 14.3 Å². The summed E-state index contributed by atoms with van der Waals surface area (Å²) in [6, 6.07) is 14.9. The molecule has 0 aromatic heterocycles. The van der Waals surface area contributed by atoms with E-state index in [1.54, 1.807) is 17.7 Å². The Hall–Kier alpha value is -3.03. The molecule has 6 rings (SSSR count). The van der Waals surface area contributed by atoms with Crippen molar-refractivity contribution in [2.24, 2.45) is 62.3 Å². The van der Waals surface area contributed by atoms with Gasteiger partial charge in [0.2, 0.25) is 0 Å². The highest BCUT2D eigenvalue weighted by atomic mass is 16.5. The van der Waals surface area contributed by atoms with E-state index in [4.69, 9.17) is 15.2 Å². The van der Waals surface area contributed by atoms with Gasteiger partial charge in [-0.25, -0.2) is 4.79 Å². The summed E-state index contributed by atoms with van der Waals surface area (Å²) in [5.74, 6) is 5.58. The number of fused-ring (bicyclic) bond motifs is 5. The Morgan fingerprint density at radius 3 is 2.30 bits per heavy atom. The molecule has 0 unspecified atom stereocenters. The third kappa shape index (κ3) is 9.67. The lowest BCUT2D eigenvalue weighted by molar-refractivity contribution is -0.0594. The Morgan fingerprint density at radius 1 is 0.852 bits per heavy atom. The zero-order chi connectivity index (χ0) is 38.1. The molecule has 3 fully saturated rings. The molecule has 0 bridgehead atoms. The van der Waals surface area contributed by atoms with Gasteiger partial charge in [0.05, 0.1) is 23.5 Å². The fourth-order valence-corrected chi connectivity index (χ4v) is 11.3. The highest BCUT2D eigenvalue weighted by Gasteiger charge is 2.59. The standard InChI is InChI=1S/C47H70N4O3/c1-33(2)10-8-11-34(3)42-22-23-43-41-21-14-36-32-40(24-26-46(36,4)44(41)25-27-47(42,43)5)54-45(52)35-12-15-37(16-13-35)50-51-38-17-19-39(20-18-38)53-31-7-6-29-49-30-9-28-48/h12-20,33-34,40-44,49H,6-11,21-32,48H2,1-5H3/t34-,40+,41+,42-,43+,44+,46+,47-/m1/s1. The van der Waals surface area contributed by atoms with Gasteiger partial charge in [-0.15, -0.1) is 0 Å². The number of carbonyl (C=O) groups excluding carboxylic acids is 1. The Labute approximate surface area is 326 Å². The monoisotopic (exact) mass is 739 g/mol. The minimum absolute atomic E-state index is 0.0560. The number of nitrogens with two attached hydrogens (primary N) is 1. The van der Waals surface area contributed by atoms with Crippen molar-refractivity contribution in [3.8, 4) is 5.75 Å². The van der Waals surface area contributed by atoms with E-state index in [0.717, 1.165) is 105 Å². The molecule has 8 atom stereocenters. The molecule has 4 aliphatic carbocycles. The normalized spacial score (nSPS) is 29.7. The van der Waals surface area contributed by atoms with Crippen molar-refractivity contribution in [3.05, 3.63) is 65.7 Å². The molecule has 0 aliphatic heterocycles. The van der Waals surface area contributed by atoms with Crippen LogP contribution in [-0.2, 0) is 4.74 Å². The third-order valence-electron chi connectivity index (χ3n) is 14.3. The van der Waals surface area contributed by atoms with Crippen molar-refractivity contribution in [1.29, 1.82) is 0 Å². The average Bonchev–Trinajstić information content (AvgIpc) is 3.53. The molecule has 3 saturated carbocycles. The topological polar surface area (TPSA) is 98.3 Å². The highest BCUT2D eigenvalue weighted by molar-refractivity contribution is 5.89. The van der Waals surface area contributed by atoms with Crippen LogP contribution in [0.1, 0.15) is 135 Å². The molecule has 0 spiro atoms. The van der Waals surface area contributed by atoms with E-state index < -0.39 is 0 Å². The molecule has 4 aliphatic rings. The second-order valence-electron chi connectivity index (χ2n) is 18.2. The third-order valence-corrected chi connectivity index (χ3v) is 14.3. The largest absolute Gasteiger partial charge is 0.494 e. The number of nitrogens with one attached hydrogen (secondary N) is 1. The minimum Gasteiger partial charge on any atom is -0.494 e. The first-order valence-corrected chi connectivity index (χ1v) is 21.7. The average molecular weight is 739 g/mol. The highest BCUT2D eigenvalue weighted by Crippen LogP contribution is 2.67. The van der Waals surface area contributed by atoms with Crippen LogP contribution in [0.5, 0.6) is 5.75 Å². The van der Waals surface area contributed by atoms with Crippen molar-refractivity contribution in [2.75, 3.05) is 26.2 Å². The SMILES string of the molecule is CC(C)CCC[C@@H](C)[C@H]1CC[C@H]2[C@@H]3CC=C4C[C@@H](OC(=O)c5ccc(N=Nc6ccc(OCCCCNCCCN)cc6)cc5)CC[C@]4(C)[C@H]3CC[C@]12C. The van der Waals surface area contributed by atoms with Crippen molar-refractivity contribution >= 4 is 17.3 Å². The zero-order valence-corrected chi connectivity index (χ0v) is 34.2. The number of unbranched alkanes of at least 4 members (excludes halogenated alkanes) is 1. The first-order chi connectivity index (χ1) is 26.1. The van der Waals surface area contributed by atoms with E-state index >= 15 is 0 Å². The van der Waals surface area contributed by atoms with Gasteiger partial charge in [0, 0.05) is 6.42 Å². The first kappa shape index (κ1) is 40.6. The predicted molar refractivity (Wildman–Crippen MR) is 221 cm³/mol. The molecule has 2 aromatic carbocycles. The summed E-state index contributed by atoms with van der Waals surface area (Å²) in [5, 5.41) is 12.2. The van der Waals surface area contributed by atoms with Crippen molar-refractivity contribution in [2.45, 2.75) is 131 Å². The molecule has 0 heterocycles. The lowest BCUT2D eigenvalue weighted by atomic mass is 9.47. The van der Waals surface area contributed by atoms with Gasteiger partial charge in [-0.05, 0) is 179 Å². The number of carbonyl (C=O) groups is 1. The smallest absolute Gasteiger partial charge is 0.338 e. The van der Waals surface area contributed by atoms with Crippen LogP contribution in [0.15, 0.2) is 70.4 Å². The molecule has 54 heavy (non-hydrogen) atoms. The van der Waals surface area contributed by atoms with Gasteiger partial charge in [-0.1, -0.05) is 65.5 Å². The van der Waals surface area contributed by atoms with Crippen LogP contribution in [0.3, 0.4) is 0 Å². The molecule has 7 nitrogen and oxygen atoms in total. The van der Waals surface area contributed by atoms with E-state index in [0.29, 0.717) is 23.3 Å². The molecule has 3 N–H and O–H groups in total. The molecule has 7 heteroatoms. The van der Waals surface area contributed by atoms with Gasteiger partial charge < -0.3 is 20.5 Å². The maximum absolute atomic E-state index is 13.3. The Morgan fingerprint density at radius 2 is 1.57 bits per heavy atom. The summed E-state index contributed by atoms with van der Waals surface area (Å²) in [6.07, 6.45) is 19.6. The number of ether oxygens (including phenoxy) is 2. The van der Waals surface area contributed by atoms with Crippen LogP contribution in [0.25, 0.3) is 0 Å². The lowest BCUT2D eigenvalue weighted by Gasteiger charge is -2.58. The summed E-state index contributed by atoms with van der Waals surface area (Å²) in [7, 11) is 0. The van der Waals surface area contributed by atoms with Gasteiger partial charge in [-0.2, -0.15) is 10.2 Å². The summed E-state index contributed by atoms with van der Waals surface area (Å²) in [6.45, 7) is 15.9. The second-order valence-corrected chi connectivity index (χ2v) is 18.2. The quantitative estimate of drug-likeness (QED) is 0.0687. The second kappa shape index (κ2) is 18.7. The molecule has 0 radical (unpaired) electrons. The predicted octanol–water partition coefficient (Wildman–Crippen LogP) is 11.8. The molecule has 296 valence electrons. The number of azo groups is 1. The van der Waals surface area contributed by atoms with Gasteiger partial charge >= 0.3 is 5.97 Å². The van der Waals surface area contributed by atoms with E-state index in [-0.39, 0.29) is 17.5 Å². The summed E-state index contributed by atoms with van der Waals surface area (Å²) < 4.78 is 12.0. The van der Waals surface area contributed by atoms with E-state index in [9.17, 15) is 4.79 Å². The van der Waals surface area contributed by atoms with Crippen LogP contribution < -0.4 is 15.8 Å². The summed E-state index contributed by atoms with van der Waals surface area (Å²) in [5.41, 5.74) is 9.84. The number of esters is 1. The van der Waals surface area contributed by atoms with Crippen molar-refractivity contribution in [1.82, 2.24) is 5.32 Å². The molecule has 0 amide bonds. The number of hydrogen-bond acceptors (Lipinski definition) is 7. The maximum Gasteiger partial charge on any atom is 0.338 e. The number of benzene rings is 2. The van der Waals surface area contributed by atoms with Crippen molar-refractivity contribution in [3.63, 3.8) is 0 Å². The number of rotatable bonds is 18.